The van der Waals surface area contributed by atoms with Crippen LogP contribution >= 0.6 is 0 Å². The lowest BCUT2D eigenvalue weighted by molar-refractivity contribution is -0.123. The molecule has 2 unspecified atom stereocenters. The number of hydrogen-bond donors (Lipinski definition) is 3. The van der Waals surface area contributed by atoms with Crippen LogP contribution < -0.4 is 10.6 Å². The second-order valence-electron chi connectivity index (χ2n) is 4.16. The molecular weight excluding hydrogens is 224 g/mol. The average molecular weight is 246 g/mol. The van der Waals surface area contributed by atoms with Crippen molar-refractivity contribution in [3.63, 3.8) is 0 Å². The maximum absolute atomic E-state index is 11.7. The molecule has 1 heterocycles. The van der Waals surface area contributed by atoms with Crippen LogP contribution in [0.25, 0.3) is 0 Å². The molecule has 6 heteroatoms. The van der Waals surface area contributed by atoms with Crippen molar-refractivity contribution < 1.29 is 19.4 Å². The molecule has 100 valence electrons. The van der Waals surface area contributed by atoms with E-state index in [1.807, 2.05) is 0 Å². The van der Waals surface area contributed by atoms with Crippen LogP contribution in [0, 0.1) is 0 Å². The molecule has 0 bridgehead atoms. The fourth-order valence-corrected chi connectivity index (χ4v) is 1.82. The molecule has 0 spiro atoms. The molecule has 0 aliphatic carbocycles. The normalized spacial score (nSPS) is 22.1. The average Bonchev–Trinajstić information content (AvgIpc) is 2.30. The Hall–Kier alpha value is -0.690. The van der Waals surface area contributed by atoms with Gasteiger partial charge in [-0.2, -0.15) is 0 Å². The van der Waals surface area contributed by atoms with Gasteiger partial charge in [0.2, 0.25) is 5.91 Å². The Balaban J connectivity index is 2.25. The molecule has 0 aromatic heterocycles. The van der Waals surface area contributed by atoms with Gasteiger partial charge in [0.25, 0.3) is 0 Å². The van der Waals surface area contributed by atoms with Gasteiger partial charge in [0.05, 0.1) is 25.9 Å². The van der Waals surface area contributed by atoms with E-state index in [-0.39, 0.29) is 24.6 Å². The number of carbonyl (C=O) groups is 1. The van der Waals surface area contributed by atoms with Crippen LogP contribution in [0.4, 0.5) is 0 Å². The quantitative estimate of drug-likeness (QED) is 0.530. The number of ether oxygens (including phenoxy) is 2. The molecule has 1 aliphatic rings. The molecule has 0 radical (unpaired) electrons. The van der Waals surface area contributed by atoms with Gasteiger partial charge in [-0.3, -0.25) is 4.79 Å². The molecule has 17 heavy (non-hydrogen) atoms. The monoisotopic (exact) mass is 246 g/mol. The predicted octanol–water partition coefficient (Wildman–Crippen LogP) is -1.12. The van der Waals surface area contributed by atoms with Gasteiger partial charge >= 0.3 is 0 Å². The van der Waals surface area contributed by atoms with Crippen molar-refractivity contribution in [3.05, 3.63) is 0 Å². The van der Waals surface area contributed by atoms with E-state index >= 15 is 0 Å². The lowest BCUT2D eigenvalue weighted by Gasteiger charge is -2.24. The van der Waals surface area contributed by atoms with E-state index in [0.29, 0.717) is 32.7 Å². The molecular formula is C11H22N2O4. The summed E-state index contributed by atoms with van der Waals surface area (Å²) in [6.45, 7) is 2.52. The zero-order valence-electron chi connectivity index (χ0n) is 10.3. The van der Waals surface area contributed by atoms with Gasteiger partial charge < -0.3 is 25.2 Å². The van der Waals surface area contributed by atoms with Gasteiger partial charge in [0.15, 0.2) is 0 Å². The Morgan fingerprint density at radius 2 is 2.53 bits per heavy atom. The Kier molecular flexibility index (Phi) is 7.11. The van der Waals surface area contributed by atoms with Crippen LogP contribution in [0.15, 0.2) is 0 Å². The third-order valence-corrected chi connectivity index (χ3v) is 2.64. The predicted molar refractivity (Wildman–Crippen MR) is 62.7 cm³/mol. The van der Waals surface area contributed by atoms with Crippen LogP contribution in [-0.2, 0) is 14.3 Å². The van der Waals surface area contributed by atoms with Crippen molar-refractivity contribution in [2.75, 3.05) is 40.1 Å². The molecule has 1 fully saturated rings. The molecule has 2 atom stereocenters. The van der Waals surface area contributed by atoms with Gasteiger partial charge in [-0.15, -0.1) is 0 Å². The summed E-state index contributed by atoms with van der Waals surface area (Å²) in [4.78, 5) is 11.7. The number of hydrogen-bond acceptors (Lipinski definition) is 5. The first-order valence-corrected chi connectivity index (χ1v) is 5.96. The van der Waals surface area contributed by atoms with E-state index in [9.17, 15) is 4.79 Å². The third kappa shape index (κ3) is 5.97. The smallest absolute Gasteiger partial charge is 0.221 e. The fraction of sp³-hybridized carbons (Fsp3) is 0.909. The van der Waals surface area contributed by atoms with Crippen molar-refractivity contribution in [2.45, 2.75) is 24.9 Å². The minimum absolute atomic E-state index is 0.0384. The maximum Gasteiger partial charge on any atom is 0.221 e. The first kappa shape index (κ1) is 14.4. The highest BCUT2D eigenvalue weighted by atomic mass is 16.5. The van der Waals surface area contributed by atoms with Crippen molar-refractivity contribution in [3.8, 4) is 0 Å². The summed E-state index contributed by atoms with van der Waals surface area (Å²) in [5.74, 6) is -0.0384. The first-order valence-electron chi connectivity index (χ1n) is 5.96. The summed E-state index contributed by atoms with van der Waals surface area (Å²) in [7, 11) is 1.58. The molecule has 0 aromatic rings. The number of methoxy groups -OCH3 is 1. The Bertz CT molecular complexity index is 214. The standard InChI is InChI=1S/C11H22N2O4/c1-16-7-9(2-4-14)13-11(15)6-10-8-17-5-3-12-10/h9-10,12,14H,2-8H2,1H3,(H,13,15). The lowest BCUT2D eigenvalue weighted by atomic mass is 10.1. The zero-order chi connectivity index (χ0) is 12.5. The van der Waals surface area contributed by atoms with Crippen molar-refractivity contribution in [2.24, 2.45) is 0 Å². The molecule has 1 saturated heterocycles. The SMILES string of the molecule is COCC(CCO)NC(=O)CC1COCCN1. The molecule has 3 N–H and O–H groups in total. The van der Waals surface area contributed by atoms with E-state index in [1.165, 1.54) is 0 Å². The zero-order valence-corrected chi connectivity index (χ0v) is 10.3. The van der Waals surface area contributed by atoms with E-state index in [1.54, 1.807) is 7.11 Å². The van der Waals surface area contributed by atoms with E-state index in [0.717, 1.165) is 6.54 Å². The third-order valence-electron chi connectivity index (χ3n) is 2.64. The minimum atomic E-state index is -0.123. The van der Waals surface area contributed by atoms with Gasteiger partial charge in [-0.05, 0) is 6.42 Å². The number of carbonyl (C=O) groups excluding carboxylic acids is 1. The van der Waals surface area contributed by atoms with Crippen LogP contribution in [0.5, 0.6) is 0 Å². The Morgan fingerprint density at radius 1 is 1.71 bits per heavy atom. The highest BCUT2D eigenvalue weighted by Gasteiger charge is 2.18. The second-order valence-corrected chi connectivity index (χ2v) is 4.16. The van der Waals surface area contributed by atoms with Gasteiger partial charge in [-0.25, -0.2) is 0 Å². The fourth-order valence-electron chi connectivity index (χ4n) is 1.82. The van der Waals surface area contributed by atoms with E-state index in [2.05, 4.69) is 10.6 Å². The summed E-state index contributed by atoms with van der Waals surface area (Å²) in [5.41, 5.74) is 0. The van der Waals surface area contributed by atoms with E-state index in [4.69, 9.17) is 14.6 Å². The molecule has 1 aliphatic heterocycles. The van der Waals surface area contributed by atoms with Crippen molar-refractivity contribution in [1.82, 2.24) is 10.6 Å². The van der Waals surface area contributed by atoms with Crippen molar-refractivity contribution in [1.29, 1.82) is 0 Å². The summed E-state index contributed by atoms with van der Waals surface area (Å²) in [5, 5.41) is 14.9. The molecule has 1 rings (SSSR count). The summed E-state index contributed by atoms with van der Waals surface area (Å²) in [6, 6.07) is -0.0388. The Morgan fingerprint density at radius 3 is 3.12 bits per heavy atom. The summed E-state index contributed by atoms with van der Waals surface area (Å²) < 4.78 is 10.3. The number of aliphatic hydroxyl groups excluding tert-OH is 1. The lowest BCUT2D eigenvalue weighted by Crippen LogP contribution is -2.46. The Labute approximate surface area is 102 Å². The topological polar surface area (TPSA) is 79.8 Å². The molecule has 0 aromatic carbocycles. The van der Waals surface area contributed by atoms with E-state index < -0.39 is 0 Å². The van der Waals surface area contributed by atoms with Crippen LogP contribution in [-0.4, -0.2) is 63.2 Å². The molecule has 0 saturated carbocycles. The highest BCUT2D eigenvalue weighted by molar-refractivity contribution is 5.76. The van der Waals surface area contributed by atoms with Crippen molar-refractivity contribution >= 4 is 5.91 Å². The molecule has 1 amide bonds. The van der Waals surface area contributed by atoms with Gasteiger partial charge in [-0.1, -0.05) is 0 Å². The first-order chi connectivity index (χ1) is 8.26. The summed E-state index contributed by atoms with van der Waals surface area (Å²) >= 11 is 0. The summed E-state index contributed by atoms with van der Waals surface area (Å²) in [6.07, 6.45) is 0.903. The number of aliphatic hydroxyl groups is 1. The number of rotatable bonds is 7. The minimum Gasteiger partial charge on any atom is -0.396 e. The van der Waals surface area contributed by atoms with Crippen LogP contribution in [0.2, 0.25) is 0 Å². The van der Waals surface area contributed by atoms with Crippen LogP contribution in [0.1, 0.15) is 12.8 Å². The van der Waals surface area contributed by atoms with Gasteiger partial charge in [0.1, 0.15) is 0 Å². The number of morpholine rings is 1. The highest BCUT2D eigenvalue weighted by Crippen LogP contribution is 2.00. The second kappa shape index (κ2) is 8.41. The van der Waals surface area contributed by atoms with Gasteiger partial charge in [0, 0.05) is 32.7 Å². The number of nitrogens with one attached hydrogen (secondary N) is 2. The van der Waals surface area contributed by atoms with Crippen LogP contribution in [0.3, 0.4) is 0 Å². The molecule has 6 nitrogen and oxygen atoms in total. The largest absolute Gasteiger partial charge is 0.396 e. The maximum atomic E-state index is 11.7. The number of amides is 1.